The maximum Gasteiger partial charge on any atom is 0.241 e. The van der Waals surface area contributed by atoms with E-state index in [1.165, 1.54) is 13.0 Å². The number of allylic oxidation sites excluding steroid dienone is 1. The van der Waals surface area contributed by atoms with Gasteiger partial charge in [0.05, 0.1) is 18.7 Å². The number of amides is 1. The third-order valence-corrected chi connectivity index (χ3v) is 5.52. The van der Waals surface area contributed by atoms with Gasteiger partial charge in [0.15, 0.2) is 5.41 Å². The lowest BCUT2D eigenvalue weighted by Gasteiger charge is -2.37. The molecule has 0 spiro atoms. The average molecular weight is 383 g/mol. The highest BCUT2D eigenvalue weighted by atomic mass is 16.2. The van der Waals surface area contributed by atoms with E-state index in [-0.39, 0.29) is 25.2 Å². The van der Waals surface area contributed by atoms with Crippen molar-refractivity contribution in [1.29, 1.82) is 10.5 Å². The number of Topliss-reactive ketones (excluding diaryl/α,β-unsaturated/α-hetero) is 1. The molecular weight excluding hydrogens is 362 g/mol. The summed E-state index contributed by atoms with van der Waals surface area (Å²) in [6, 6.07) is 20.8. The highest BCUT2D eigenvalue weighted by molar-refractivity contribution is 6.11. The molecule has 0 saturated heterocycles. The van der Waals surface area contributed by atoms with E-state index in [4.69, 9.17) is 0 Å². The molecule has 0 radical (unpaired) electrons. The first-order valence-corrected chi connectivity index (χ1v) is 9.34. The molecule has 1 aliphatic rings. The predicted molar refractivity (Wildman–Crippen MR) is 110 cm³/mol. The number of para-hydroxylation sites is 1. The smallest absolute Gasteiger partial charge is 0.241 e. The summed E-state index contributed by atoms with van der Waals surface area (Å²) in [5.41, 5.74) is -1.24. The molecule has 1 aliphatic heterocycles. The van der Waals surface area contributed by atoms with Crippen LogP contribution in [0.1, 0.15) is 30.9 Å². The lowest BCUT2D eigenvalue weighted by molar-refractivity contribution is -0.130. The summed E-state index contributed by atoms with van der Waals surface area (Å²) >= 11 is 0. The quantitative estimate of drug-likeness (QED) is 0.675. The molecule has 2 aromatic rings. The van der Waals surface area contributed by atoms with Crippen LogP contribution in [0.4, 0.5) is 5.69 Å². The van der Waals surface area contributed by atoms with Crippen LogP contribution in [0.5, 0.6) is 0 Å². The van der Waals surface area contributed by atoms with Crippen molar-refractivity contribution in [2.24, 2.45) is 5.41 Å². The number of hydrogen-bond donors (Lipinski definition) is 0. The van der Waals surface area contributed by atoms with Crippen LogP contribution < -0.4 is 4.90 Å². The Morgan fingerprint density at radius 3 is 2.34 bits per heavy atom. The second kappa shape index (κ2) is 7.73. The van der Waals surface area contributed by atoms with E-state index in [9.17, 15) is 20.1 Å². The molecule has 1 unspecified atom stereocenters. The number of fused-ring (bicyclic) bond motifs is 1. The minimum atomic E-state index is -1.74. The van der Waals surface area contributed by atoms with Gasteiger partial charge >= 0.3 is 0 Å². The van der Waals surface area contributed by atoms with Gasteiger partial charge in [0.1, 0.15) is 11.2 Å². The predicted octanol–water partition coefficient (Wildman–Crippen LogP) is 4.06. The van der Waals surface area contributed by atoms with Gasteiger partial charge in [-0.25, -0.2) is 0 Å². The first-order valence-electron chi connectivity index (χ1n) is 9.34. The SMILES string of the molecule is C=CCC(C#N)(C#N)C1(CC(C)=O)C(=O)N(Cc2ccccc2)c2ccccc21. The van der Waals surface area contributed by atoms with Gasteiger partial charge in [0, 0.05) is 12.1 Å². The topological polar surface area (TPSA) is 85.0 Å². The fraction of sp³-hybridized carbons (Fsp3) is 0.250. The molecule has 3 rings (SSSR count). The number of anilines is 1. The molecule has 0 aliphatic carbocycles. The summed E-state index contributed by atoms with van der Waals surface area (Å²) in [6.45, 7) is 5.35. The van der Waals surface area contributed by atoms with Gasteiger partial charge in [0.25, 0.3) is 0 Å². The Hall–Kier alpha value is -3.70. The van der Waals surface area contributed by atoms with Crippen LogP contribution >= 0.6 is 0 Å². The van der Waals surface area contributed by atoms with Crippen molar-refractivity contribution in [3.63, 3.8) is 0 Å². The molecule has 5 heteroatoms. The maximum absolute atomic E-state index is 13.9. The van der Waals surface area contributed by atoms with Gasteiger partial charge < -0.3 is 4.90 Å². The number of nitrogens with zero attached hydrogens (tertiary/aromatic N) is 3. The molecule has 0 saturated carbocycles. The maximum atomic E-state index is 13.9. The minimum Gasteiger partial charge on any atom is -0.307 e. The summed E-state index contributed by atoms with van der Waals surface area (Å²) in [4.78, 5) is 27.8. The second-order valence-corrected chi connectivity index (χ2v) is 7.30. The molecule has 2 aromatic carbocycles. The monoisotopic (exact) mass is 383 g/mol. The first kappa shape index (κ1) is 20.0. The molecule has 0 bridgehead atoms. The van der Waals surface area contributed by atoms with Crippen LogP contribution in [0.2, 0.25) is 0 Å². The van der Waals surface area contributed by atoms with Crippen molar-refractivity contribution >= 4 is 17.4 Å². The average Bonchev–Trinajstić information content (AvgIpc) is 2.96. The zero-order valence-electron chi connectivity index (χ0n) is 16.3. The van der Waals surface area contributed by atoms with E-state index in [0.29, 0.717) is 11.3 Å². The number of carbonyl (C=O) groups is 2. The van der Waals surface area contributed by atoms with E-state index < -0.39 is 16.7 Å². The van der Waals surface area contributed by atoms with Crippen molar-refractivity contribution in [2.45, 2.75) is 31.7 Å². The number of rotatable bonds is 7. The van der Waals surface area contributed by atoms with Crippen molar-refractivity contribution in [3.8, 4) is 12.1 Å². The van der Waals surface area contributed by atoms with Gasteiger partial charge in [-0.2, -0.15) is 10.5 Å². The Kier molecular flexibility index (Phi) is 5.35. The summed E-state index contributed by atoms with van der Waals surface area (Å²) in [5, 5.41) is 20.1. The fourth-order valence-electron chi connectivity index (χ4n) is 4.25. The Morgan fingerprint density at radius 2 is 1.76 bits per heavy atom. The number of hydrogen-bond acceptors (Lipinski definition) is 4. The highest BCUT2D eigenvalue weighted by Gasteiger charge is 2.64. The third-order valence-electron chi connectivity index (χ3n) is 5.52. The van der Waals surface area contributed by atoms with Crippen molar-refractivity contribution < 1.29 is 9.59 Å². The number of carbonyl (C=O) groups excluding carboxylic acids is 2. The van der Waals surface area contributed by atoms with Gasteiger partial charge in [-0.05, 0) is 30.5 Å². The zero-order valence-corrected chi connectivity index (χ0v) is 16.3. The van der Waals surface area contributed by atoms with E-state index in [0.717, 1.165) is 5.56 Å². The van der Waals surface area contributed by atoms with Crippen LogP contribution in [0.15, 0.2) is 67.3 Å². The molecular formula is C24H21N3O2. The van der Waals surface area contributed by atoms with Crippen LogP contribution in [0, 0.1) is 28.1 Å². The summed E-state index contributed by atoms with van der Waals surface area (Å²) in [5.74, 6) is -0.656. The molecule has 5 nitrogen and oxygen atoms in total. The molecule has 1 heterocycles. The van der Waals surface area contributed by atoms with Gasteiger partial charge in [-0.1, -0.05) is 54.6 Å². The standard InChI is InChI=1S/C24H21N3O2/c1-3-13-23(16-25,17-26)24(14-18(2)28)20-11-7-8-12-21(20)27(22(24)29)15-19-9-5-4-6-10-19/h3-12H,1,13-15H2,2H3. The molecule has 1 amide bonds. The van der Waals surface area contributed by atoms with E-state index in [2.05, 4.69) is 18.7 Å². The minimum absolute atomic E-state index is 0.0213. The van der Waals surface area contributed by atoms with E-state index >= 15 is 0 Å². The Labute approximate surface area is 170 Å². The first-order chi connectivity index (χ1) is 14.0. The van der Waals surface area contributed by atoms with Crippen molar-refractivity contribution in [2.75, 3.05) is 4.90 Å². The molecule has 29 heavy (non-hydrogen) atoms. The Morgan fingerprint density at radius 1 is 1.14 bits per heavy atom. The molecule has 0 aromatic heterocycles. The number of benzene rings is 2. The Balaban J connectivity index is 2.28. The van der Waals surface area contributed by atoms with Crippen LogP contribution in [0.3, 0.4) is 0 Å². The largest absolute Gasteiger partial charge is 0.307 e. The van der Waals surface area contributed by atoms with Crippen LogP contribution in [0.25, 0.3) is 0 Å². The van der Waals surface area contributed by atoms with E-state index in [1.54, 1.807) is 23.1 Å². The zero-order chi connectivity index (χ0) is 21.1. The molecule has 1 atom stereocenters. The normalized spacial score (nSPS) is 17.9. The lowest BCUT2D eigenvalue weighted by atomic mass is 9.58. The van der Waals surface area contributed by atoms with Gasteiger partial charge in [0.2, 0.25) is 5.91 Å². The highest BCUT2D eigenvalue weighted by Crippen LogP contribution is 2.55. The molecule has 144 valence electrons. The lowest BCUT2D eigenvalue weighted by Crippen LogP contribution is -2.52. The fourth-order valence-corrected chi connectivity index (χ4v) is 4.25. The number of nitriles is 2. The Bertz CT molecular complexity index is 1030. The second-order valence-electron chi connectivity index (χ2n) is 7.30. The summed E-state index contributed by atoms with van der Waals surface area (Å²) in [7, 11) is 0. The van der Waals surface area contributed by atoms with Crippen LogP contribution in [-0.2, 0) is 21.5 Å². The van der Waals surface area contributed by atoms with Crippen LogP contribution in [-0.4, -0.2) is 11.7 Å². The van der Waals surface area contributed by atoms with Gasteiger partial charge in [-0.15, -0.1) is 6.58 Å². The summed E-state index contributed by atoms with van der Waals surface area (Å²) < 4.78 is 0. The van der Waals surface area contributed by atoms with Crippen molar-refractivity contribution in [3.05, 3.63) is 78.4 Å². The third kappa shape index (κ3) is 3.02. The molecule has 0 N–H and O–H groups in total. The van der Waals surface area contributed by atoms with Gasteiger partial charge in [-0.3, -0.25) is 9.59 Å². The van der Waals surface area contributed by atoms with Crippen molar-refractivity contribution in [1.82, 2.24) is 0 Å². The summed E-state index contributed by atoms with van der Waals surface area (Å²) in [6.07, 6.45) is 1.22. The number of ketones is 1. The molecule has 0 fully saturated rings. The van der Waals surface area contributed by atoms with E-state index in [1.807, 2.05) is 36.4 Å².